The number of rotatable bonds is 6. The minimum atomic E-state index is -0.958. The van der Waals surface area contributed by atoms with Gasteiger partial charge in [0.25, 0.3) is 0 Å². The molecule has 2 amide bonds. The standard InChI is InChI=1S/C13H24N2O3S/c1-5-11-12(16)14-10(8-9(2)3)13(17)15(11)6-7-19(4)18/h9-11H,5-8H2,1-4H3,(H,14,16). The summed E-state index contributed by atoms with van der Waals surface area (Å²) in [5.41, 5.74) is 0. The lowest BCUT2D eigenvalue weighted by Crippen LogP contribution is -2.63. The van der Waals surface area contributed by atoms with Crippen molar-refractivity contribution in [3.05, 3.63) is 0 Å². The van der Waals surface area contributed by atoms with E-state index < -0.39 is 22.9 Å². The first-order chi connectivity index (χ1) is 8.86. The molecule has 0 aromatic carbocycles. The lowest BCUT2D eigenvalue weighted by Gasteiger charge is -2.39. The van der Waals surface area contributed by atoms with Gasteiger partial charge in [-0.05, 0) is 18.8 Å². The number of amides is 2. The van der Waals surface area contributed by atoms with Crippen molar-refractivity contribution < 1.29 is 13.8 Å². The van der Waals surface area contributed by atoms with Crippen molar-refractivity contribution in [1.82, 2.24) is 10.2 Å². The number of hydrogen-bond donors (Lipinski definition) is 1. The van der Waals surface area contributed by atoms with Crippen LogP contribution in [0.15, 0.2) is 0 Å². The third-order valence-corrected chi connectivity index (χ3v) is 4.05. The summed E-state index contributed by atoms with van der Waals surface area (Å²) in [6.45, 7) is 6.33. The second-order valence-electron chi connectivity index (χ2n) is 5.42. The molecule has 19 heavy (non-hydrogen) atoms. The highest BCUT2D eigenvalue weighted by Gasteiger charge is 2.39. The van der Waals surface area contributed by atoms with Crippen LogP contribution in [0.25, 0.3) is 0 Å². The summed E-state index contributed by atoms with van der Waals surface area (Å²) in [7, 11) is -0.958. The van der Waals surface area contributed by atoms with Crippen molar-refractivity contribution >= 4 is 22.6 Å². The molecule has 110 valence electrons. The van der Waals surface area contributed by atoms with Crippen molar-refractivity contribution in [3.63, 3.8) is 0 Å². The van der Waals surface area contributed by atoms with Crippen LogP contribution in [0, 0.1) is 5.92 Å². The van der Waals surface area contributed by atoms with Gasteiger partial charge in [0.1, 0.15) is 12.1 Å². The van der Waals surface area contributed by atoms with Gasteiger partial charge >= 0.3 is 0 Å². The summed E-state index contributed by atoms with van der Waals surface area (Å²) in [6.07, 6.45) is 2.84. The molecule has 5 nitrogen and oxygen atoms in total. The second kappa shape index (κ2) is 7.03. The van der Waals surface area contributed by atoms with Crippen LogP contribution in [0.1, 0.15) is 33.6 Å². The maximum absolute atomic E-state index is 12.4. The van der Waals surface area contributed by atoms with E-state index in [0.29, 0.717) is 31.1 Å². The topological polar surface area (TPSA) is 66.5 Å². The van der Waals surface area contributed by atoms with Crippen LogP contribution in [0.3, 0.4) is 0 Å². The van der Waals surface area contributed by atoms with E-state index in [1.54, 1.807) is 11.2 Å². The molecule has 1 saturated heterocycles. The molecule has 0 spiro atoms. The highest BCUT2D eigenvalue weighted by molar-refractivity contribution is 7.84. The highest BCUT2D eigenvalue weighted by atomic mass is 32.2. The van der Waals surface area contributed by atoms with Gasteiger partial charge in [-0.25, -0.2) is 0 Å². The van der Waals surface area contributed by atoms with Gasteiger partial charge in [0.05, 0.1) is 0 Å². The summed E-state index contributed by atoms with van der Waals surface area (Å²) in [5, 5.41) is 2.81. The lowest BCUT2D eigenvalue weighted by atomic mass is 9.98. The molecule has 1 aliphatic rings. The van der Waals surface area contributed by atoms with Crippen LogP contribution >= 0.6 is 0 Å². The minimum absolute atomic E-state index is 0.0365. The number of carbonyl (C=O) groups is 2. The fourth-order valence-electron chi connectivity index (χ4n) is 2.35. The van der Waals surface area contributed by atoms with E-state index in [-0.39, 0.29) is 11.8 Å². The Morgan fingerprint density at radius 1 is 1.37 bits per heavy atom. The number of nitrogens with one attached hydrogen (secondary N) is 1. The van der Waals surface area contributed by atoms with Gasteiger partial charge in [0, 0.05) is 29.4 Å². The molecule has 3 atom stereocenters. The molecule has 0 aliphatic carbocycles. The zero-order valence-corrected chi connectivity index (χ0v) is 13.0. The van der Waals surface area contributed by atoms with E-state index in [1.165, 1.54) is 0 Å². The molecule has 0 radical (unpaired) electrons. The largest absolute Gasteiger partial charge is 0.342 e. The van der Waals surface area contributed by atoms with Gasteiger partial charge in [0.15, 0.2) is 0 Å². The van der Waals surface area contributed by atoms with Gasteiger partial charge in [0.2, 0.25) is 11.8 Å². The maximum Gasteiger partial charge on any atom is 0.245 e. The Bertz CT molecular complexity index is 371. The zero-order chi connectivity index (χ0) is 14.6. The van der Waals surface area contributed by atoms with E-state index in [1.807, 2.05) is 20.8 Å². The van der Waals surface area contributed by atoms with Crippen molar-refractivity contribution in [3.8, 4) is 0 Å². The van der Waals surface area contributed by atoms with Gasteiger partial charge in [-0.3, -0.25) is 13.8 Å². The third-order valence-electron chi connectivity index (χ3n) is 3.29. The number of nitrogens with zero attached hydrogens (tertiary/aromatic N) is 1. The molecule has 0 bridgehead atoms. The summed E-state index contributed by atoms with van der Waals surface area (Å²) in [5.74, 6) is 0.638. The first-order valence-corrected chi connectivity index (χ1v) is 8.50. The summed E-state index contributed by atoms with van der Waals surface area (Å²) >= 11 is 0. The molecule has 0 aromatic rings. The smallest absolute Gasteiger partial charge is 0.245 e. The first kappa shape index (κ1) is 16.1. The number of carbonyl (C=O) groups excluding carboxylic acids is 2. The average Bonchev–Trinajstić information content (AvgIpc) is 2.30. The summed E-state index contributed by atoms with van der Waals surface area (Å²) in [6, 6.07) is -0.847. The molecule has 3 unspecified atom stereocenters. The van der Waals surface area contributed by atoms with Gasteiger partial charge in [-0.2, -0.15) is 0 Å². The molecule has 0 saturated carbocycles. The Hall–Kier alpha value is -0.910. The van der Waals surface area contributed by atoms with Crippen LogP contribution in [-0.4, -0.2) is 51.6 Å². The fourth-order valence-corrected chi connectivity index (χ4v) is 2.81. The molecule has 1 rings (SSSR count). The molecule has 1 aliphatic heterocycles. The number of piperazine rings is 1. The maximum atomic E-state index is 12.4. The average molecular weight is 288 g/mol. The third kappa shape index (κ3) is 4.30. The lowest BCUT2D eigenvalue weighted by molar-refractivity contribution is -0.149. The molecule has 1 N–H and O–H groups in total. The van der Waals surface area contributed by atoms with Crippen molar-refractivity contribution in [1.29, 1.82) is 0 Å². The Morgan fingerprint density at radius 3 is 2.47 bits per heavy atom. The van der Waals surface area contributed by atoms with Crippen LogP contribution in [0.4, 0.5) is 0 Å². The molecule has 1 heterocycles. The van der Waals surface area contributed by atoms with Gasteiger partial charge < -0.3 is 10.2 Å². The Balaban J connectivity index is 2.82. The predicted octanol–water partition coefficient (Wildman–Crippen LogP) is 0.517. The Labute approximate surface area is 117 Å². The van der Waals surface area contributed by atoms with Crippen molar-refractivity contribution in [2.45, 2.75) is 45.7 Å². The fraction of sp³-hybridized carbons (Fsp3) is 0.846. The van der Waals surface area contributed by atoms with Crippen molar-refractivity contribution in [2.24, 2.45) is 5.92 Å². The number of hydrogen-bond acceptors (Lipinski definition) is 3. The minimum Gasteiger partial charge on any atom is -0.342 e. The predicted molar refractivity (Wildman–Crippen MR) is 76.1 cm³/mol. The second-order valence-corrected chi connectivity index (χ2v) is 6.98. The van der Waals surface area contributed by atoms with E-state index in [4.69, 9.17) is 0 Å². The summed E-state index contributed by atoms with van der Waals surface area (Å²) < 4.78 is 11.2. The monoisotopic (exact) mass is 288 g/mol. The first-order valence-electron chi connectivity index (χ1n) is 6.77. The molecular weight excluding hydrogens is 264 g/mol. The van der Waals surface area contributed by atoms with E-state index >= 15 is 0 Å². The zero-order valence-electron chi connectivity index (χ0n) is 12.1. The van der Waals surface area contributed by atoms with E-state index in [9.17, 15) is 13.8 Å². The molecule has 1 fully saturated rings. The van der Waals surface area contributed by atoms with Crippen LogP contribution in [-0.2, 0) is 20.4 Å². The molecule has 0 aromatic heterocycles. The normalized spacial score (nSPS) is 25.6. The quantitative estimate of drug-likeness (QED) is 0.775. The molecule has 6 heteroatoms. The van der Waals surface area contributed by atoms with E-state index in [0.717, 1.165) is 0 Å². The van der Waals surface area contributed by atoms with E-state index in [2.05, 4.69) is 5.32 Å². The van der Waals surface area contributed by atoms with Crippen molar-refractivity contribution in [2.75, 3.05) is 18.6 Å². The van der Waals surface area contributed by atoms with Crippen LogP contribution in [0.2, 0.25) is 0 Å². The highest BCUT2D eigenvalue weighted by Crippen LogP contribution is 2.17. The Morgan fingerprint density at radius 2 is 2.00 bits per heavy atom. The SMILES string of the molecule is CCC1C(=O)NC(CC(C)C)C(=O)N1CCS(C)=O. The van der Waals surface area contributed by atoms with Crippen LogP contribution in [0.5, 0.6) is 0 Å². The summed E-state index contributed by atoms with van der Waals surface area (Å²) in [4.78, 5) is 26.0. The van der Waals surface area contributed by atoms with Crippen LogP contribution < -0.4 is 5.32 Å². The molecular formula is C13H24N2O3S. The van der Waals surface area contributed by atoms with Gasteiger partial charge in [-0.1, -0.05) is 20.8 Å². The Kier molecular flexibility index (Phi) is 5.97. The van der Waals surface area contributed by atoms with Gasteiger partial charge in [-0.15, -0.1) is 0 Å².